The summed E-state index contributed by atoms with van der Waals surface area (Å²) >= 11 is 0. The zero-order chi connectivity index (χ0) is 17.5. The minimum Gasteiger partial charge on any atom is -0.494 e. The standard InChI is InChI=1S/C20H20N2O3/c23-19(11-6-12-25-17-8-2-1-3-9-17)21-14-16-13-15-7-4-5-10-18(15)22-20(16)24/h1-5,7-10,13H,6,11-12,14H2,(H,21,23)(H,22,24). The molecule has 0 saturated heterocycles. The lowest BCUT2D eigenvalue weighted by molar-refractivity contribution is -0.121. The van der Waals surface area contributed by atoms with Crippen molar-refractivity contribution in [2.75, 3.05) is 6.61 Å². The van der Waals surface area contributed by atoms with E-state index in [0.717, 1.165) is 16.7 Å². The van der Waals surface area contributed by atoms with Crippen LogP contribution in [0.3, 0.4) is 0 Å². The van der Waals surface area contributed by atoms with Crippen LogP contribution < -0.4 is 15.6 Å². The first-order valence-corrected chi connectivity index (χ1v) is 8.28. The summed E-state index contributed by atoms with van der Waals surface area (Å²) in [7, 11) is 0. The molecule has 2 aromatic carbocycles. The van der Waals surface area contributed by atoms with Crippen molar-refractivity contribution in [1.82, 2.24) is 10.3 Å². The number of rotatable bonds is 7. The zero-order valence-electron chi connectivity index (χ0n) is 13.8. The zero-order valence-corrected chi connectivity index (χ0v) is 13.8. The molecule has 5 nitrogen and oxygen atoms in total. The van der Waals surface area contributed by atoms with E-state index < -0.39 is 0 Å². The fraction of sp³-hybridized carbons (Fsp3) is 0.200. The van der Waals surface area contributed by atoms with E-state index in [9.17, 15) is 9.59 Å². The second-order valence-electron chi connectivity index (χ2n) is 5.75. The highest BCUT2D eigenvalue weighted by atomic mass is 16.5. The van der Waals surface area contributed by atoms with Gasteiger partial charge in [-0.25, -0.2) is 0 Å². The number of fused-ring (bicyclic) bond motifs is 1. The van der Waals surface area contributed by atoms with Gasteiger partial charge in [0.2, 0.25) is 5.91 Å². The van der Waals surface area contributed by atoms with E-state index in [1.807, 2.05) is 60.7 Å². The molecule has 0 fully saturated rings. The van der Waals surface area contributed by atoms with Crippen LogP contribution in [0.2, 0.25) is 0 Å². The quantitative estimate of drug-likeness (QED) is 0.652. The van der Waals surface area contributed by atoms with Crippen molar-refractivity contribution in [1.29, 1.82) is 0 Å². The average Bonchev–Trinajstić information content (AvgIpc) is 2.64. The number of H-pyrrole nitrogens is 1. The summed E-state index contributed by atoms with van der Waals surface area (Å²) in [4.78, 5) is 26.8. The van der Waals surface area contributed by atoms with Gasteiger partial charge in [0.1, 0.15) is 5.75 Å². The number of ether oxygens (including phenoxy) is 1. The van der Waals surface area contributed by atoms with E-state index in [4.69, 9.17) is 4.74 Å². The molecule has 1 aromatic heterocycles. The van der Waals surface area contributed by atoms with E-state index in [2.05, 4.69) is 10.3 Å². The van der Waals surface area contributed by atoms with Crippen molar-refractivity contribution in [3.63, 3.8) is 0 Å². The highest BCUT2D eigenvalue weighted by molar-refractivity contribution is 5.79. The molecule has 0 radical (unpaired) electrons. The maximum Gasteiger partial charge on any atom is 0.253 e. The first-order chi connectivity index (χ1) is 12.2. The van der Waals surface area contributed by atoms with Gasteiger partial charge < -0.3 is 15.0 Å². The van der Waals surface area contributed by atoms with Crippen LogP contribution in [0, 0.1) is 0 Å². The summed E-state index contributed by atoms with van der Waals surface area (Å²) < 4.78 is 5.55. The Morgan fingerprint density at radius 1 is 1.04 bits per heavy atom. The van der Waals surface area contributed by atoms with E-state index in [1.165, 1.54) is 0 Å². The molecule has 1 amide bonds. The molecule has 0 unspecified atom stereocenters. The molecular formula is C20H20N2O3. The van der Waals surface area contributed by atoms with Crippen LogP contribution in [-0.4, -0.2) is 17.5 Å². The Morgan fingerprint density at radius 2 is 1.80 bits per heavy atom. The van der Waals surface area contributed by atoms with Gasteiger partial charge in [0, 0.05) is 24.0 Å². The van der Waals surface area contributed by atoms with Gasteiger partial charge in [-0.05, 0) is 36.1 Å². The van der Waals surface area contributed by atoms with Crippen LogP contribution in [-0.2, 0) is 11.3 Å². The second kappa shape index (κ2) is 8.15. The first kappa shape index (κ1) is 16.8. The summed E-state index contributed by atoms with van der Waals surface area (Å²) in [5, 5.41) is 3.74. The van der Waals surface area contributed by atoms with Crippen molar-refractivity contribution in [2.24, 2.45) is 0 Å². The van der Waals surface area contributed by atoms with Crippen molar-refractivity contribution < 1.29 is 9.53 Å². The third-order valence-corrected chi connectivity index (χ3v) is 3.87. The summed E-state index contributed by atoms with van der Waals surface area (Å²) in [6.07, 6.45) is 0.979. The SMILES string of the molecule is O=C(CCCOc1ccccc1)NCc1cc2ccccc2[nH]c1=O. The Balaban J connectivity index is 1.46. The van der Waals surface area contributed by atoms with Crippen LogP contribution in [0.4, 0.5) is 0 Å². The number of hydrogen-bond acceptors (Lipinski definition) is 3. The van der Waals surface area contributed by atoms with E-state index in [1.54, 1.807) is 0 Å². The number of hydrogen-bond donors (Lipinski definition) is 2. The van der Waals surface area contributed by atoms with Gasteiger partial charge in [0.25, 0.3) is 5.56 Å². The third kappa shape index (κ3) is 4.70. The molecule has 25 heavy (non-hydrogen) atoms. The van der Waals surface area contributed by atoms with Crippen LogP contribution >= 0.6 is 0 Å². The van der Waals surface area contributed by atoms with Gasteiger partial charge in [0.15, 0.2) is 0 Å². The van der Waals surface area contributed by atoms with Crippen molar-refractivity contribution >= 4 is 16.8 Å². The number of carbonyl (C=O) groups is 1. The molecule has 128 valence electrons. The molecular weight excluding hydrogens is 316 g/mol. The molecule has 0 aliphatic heterocycles. The van der Waals surface area contributed by atoms with Crippen molar-refractivity contribution in [3.05, 3.63) is 76.6 Å². The lowest BCUT2D eigenvalue weighted by atomic mass is 10.1. The van der Waals surface area contributed by atoms with Crippen LogP contribution in [0.25, 0.3) is 10.9 Å². The number of pyridine rings is 1. The van der Waals surface area contributed by atoms with Crippen molar-refractivity contribution in [3.8, 4) is 5.75 Å². The normalized spacial score (nSPS) is 10.6. The number of carbonyl (C=O) groups excluding carboxylic acids is 1. The molecule has 0 atom stereocenters. The molecule has 1 heterocycles. The molecule has 0 aliphatic carbocycles. The highest BCUT2D eigenvalue weighted by Gasteiger charge is 2.06. The van der Waals surface area contributed by atoms with Gasteiger partial charge in [-0.15, -0.1) is 0 Å². The van der Waals surface area contributed by atoms with Gasteiger partial charge in [-0.3, -0.25) is 9.59 Å². The van der Waals surface area contributed by atoms with E-state index >= 15 is 0 Å². The Hall–Kier alpha value is -3.08. The largest absolute Gasteiger partial charge is 0.494 e. The predicted octanol–water partition coefficient (Wildman–Crippen LogP) is 3.00. The summed E-state index contributed by atoms with van der Waals surface area (Å²) in [6.45, 7) is 0.701. The fourth-order valence-corrected chi connectivity index (χ4v) is 2.55. The Bertz CT molecular complexity index is 903. The molecule has 3 aromatic rings. The summed E-state index contributed by atoms with van der Waals surface area (Å²) in [5.74, 6) is 0.704. The third-order valence-electron chi connectivity index (χ3n) is 3.87. The summed E-state index contributed by atoms with van der Waals surface area (Å²) in [5.41, 5.74) is 1.17. The number of benzene rings is 2. The Morgan fingerprint density at radius 3 is 2.64 bits per heavy atom. The molecule has 0 spiro atoms. The molecule has 0 aliphatic rings. The van der Waals surface area contributed by atoms with Crippen LogP contribution in [0.5, 0.6) is 5.75 Å². The lowest BCUT2D eigenvalue weighted by Crippen LogP contribution is -2.26. The number of amides is 1. The van der Waals surface area contributed by atoms with Gasteiger partial charge in [0.05, 0.1) is 6.61 Å². The smallest absolute Gasteiger partial charge is 0.253 e. The molecule has 3 rings (SSSR count). The fourth-order valence-electron chi connectivity index (χ4n) is 2.55. The number of nitrogens with one attached hydrogen (secondary N) is 2. The Labute approximate surface area is 145 Å². The number of aromatic amines is 1. The maximum absolute atomic E-state index is 12.0. The lowest BCUT2D eigenvalue weighted by Gasteiger charge is -2.07. The molecule has 0 saturated carbocycles. The monoisotopic (exact) mass is 336 g/mol. The highest BCUT2D eigenvalue weighted by Crippen LogP contribution is 2.10. The predicted molar refractivity (Wildman–Crippen MR) is 97.6 cm³/mol. The minimum absolute atomic E-state index is 0.0933. The molecule has 5 heteroatoms. The van der Waals surface area contributed by atoms with Gasteiger partial charge >= 0.3 is 0 Å². The Kier molecular flexibility index (Phi) is 5.46. The number of aromatic nitrogens is 1. The number of para-hydroxylation sites is 2. The average molecular weight is 336 g/mol. The summed E-state index contributed by atoms with van der Waals surface area (Å²) in [6, 6.07) is 18.9. The second-order valence-corrected chi connectivity index (χ2v) is 5.75. The van der Waals surface area contributed by atoms with E-state index in [0.29, 0.717) is 25.0 Å². The van der Waals surface area contributed by atoms with Gasteiger partial charge in [-0.2, -0.15) is 0 Å². The topological polar surface area (TPSA) is 71.2 Å². The van der Waals surface area contributed by atoms with Crippen molar-refractivity contribution in [2.45, 2.75) is 19.4 Å². The van der Waals surface area contributed by atoms with Crippen LogP contribution in [0.15, 0.2) is 65.5 Å². The van der Waals surface area contributed by atoms with Gasteiger partial charge in [-0.1, -0.05) is 36.4 Å². The van der Waals surface area contributed by atoms with E-state index in [-0.39, 0.29) is 18.0 Å². The molecule has 2 N–H and O–H groups in total. The minimum atomic E-state index is -0.175. The molecule has 0 bridgehead atoms. The van der Waals surface area contributed by atoms with Crippen LogP contribution in [0.1, 0.15) is 18.4 Å². The maximum atomic E-state index is 12.0. The first-order valence-electron chi connectivity index (χ1n) is 8.28.